The molecule has 1 saturated carbocycles. The molecule has 1 aliphatic heterocycles. The van der Waals surface area contributed by atoms with Gasteiger partial charge in [-0.05, 0) is 37.3 Å². The van der Waals surface area contributed by atoms with Gasteiger partial charge in [0.2, 0.25) is 5.91 Å². The van der Waals surface area contributed by atoms with Gasteiger partial charge in [0.25, 0.3) is 0 Å². The smallest absolute Gasteiger partial charge is 0.248 e. The van der Waals surface area contributed by atoms with Crippen LogP contribution >= 0.6 is 0 Å². The third-order valence-corrected chi connectivity index (χ3v) is 6.36. The summed E-state index contributed by atoms with van der Waals surface area (Å²) in [7, 11) is 1.89. The number of fused-ring (bicyclic) bond motifs is 1. The Morgan fingerprint density at radius 1 is 1.29 bits per heavy atom. The molecule has 1 amide bonds. The van der Waals surface area contributed by atoms with Gasteiger partial charge in [-0.25, -0.2) is 4.52 Å². The van der Waals surface area contributed by atoms with Crippen molar-refractivity contribution in [3.05, 3.63) is 36.9 Å². The number of nitrogens with zero attached hydrogens (tertiary/aromatic N) is 6. The summed E-state index contributed by atoms with van der Waals surface area (Å²) in [5.74, 6) is 0.232. The molecule has 7 nitrogen and oxygen atoms in total. The second kappa shape index (κ2) is 5.93. The van der Waals surface area contributed by atoms with Gasteiger partial charge in [0.1, 0.15) is 5.41 Å². The molecule has 3 aromatic heterocycles. The van der Waals surface area contributed by atoms with Gasteiger partial charge in [-0.15, -0.1) is 0 Å². The molecule has 0 radical (unpaired) electrons. The summed E-state index contributed by atoms with van der Waals surface area (Å²) in [4.78, 5) is 15.3. The Labute approximate surface area is 163 Å². The third kappa shape index (κ3) is 2.24. The van der Waals surface area contributed by atoms with Gasteiger partial charge < -0.3 is 4.90 Å². The number of carbonyl (C=O) groups excluding carboxylic acids is 1. The second-order valence-electron chi connectivity index (χ2n) is 7.95. The zero-order valence-corrected chi connectivity index (χ0v) is 16.0. The molecule has 1 saturated heterocycles. The Bertz CT molecular complexity index is 1120. The van der Waals surface area contributed by atoms with Crippen LogP contribution in [0.15, 0.2) is 36.9 Å². The lowest BCUT2D eigenvalue weighted by molar-refractivity contribution is -0.125. The number of anilines is 1. The highest BCUT2D eigenvalue weighted by Crippen LogP contribution is 2.55. The topological polar surface area (TPSA) is 79.2 Å². The summed E-state index contributed by atoms with van der Waals surface area (Å²) >= 11 is 0. The molecule has 1 aliphatic carbocycles. The van der Waals surface area contributed by atoms with Crippen LogP contribution in [0.2, 0.25) is 0 Å². The average molecular weight is 374 g/mol. The third-order valence-electron chi connectivity index (χ3n) is 6.36. The summed E-state index contributed by atoms with van der Waals surface area (Å²) < 4.78 is 3.56. The highest BCUT2D eigenvalue weighted by molar-refractivity contribution is 6.05. The fourth-order valence-corrected chi connectivity index (χ4v) is 4.74. The first-order chi connectivity index (χ1) is 13.6. The van der Waals surface area contributed by atoms with Crippen LogP contribution < -0.4 is 4.90 Å². The lowest BCUT2D eigenvalue weighted by atomic mass is 9.73. The molecule has 4 heterocycles. The Morgan fingerprint density at radius 3 is 2.75 bits per heavy atom. The van der Waals surface area contributed by atoms with Crippen molar-refractivity contribution in [1.82, 2.24) is 19.4 Å². The molecule has 142 valence electrons. The molecule has 2 atom stereocenters. The minimum Gasteiger partial charge on any atom is -0.309 e. The van der Waals surface area contributed by atoms with Crippen LogP contribution in [0.5, 0.6) is 0 Å². The van der Waals surface area contributed by atoms with Crippen LogP contribution in [-0.4, -0.2) is 31.8 Å². The van der Waals surface area contributed by atoms with E-state index in [9.17, 15) is 10.1 Å². The summed E-state index contributed by atoms with van der Waals surface area (Å²) in [6, 6.07) is 6.37. The summed E-state index contributed by atoms with van der Waals surface area (Å²) in [5, 5.41) is 18.7. The minimum atomic E-state index is -0.867. The quantitative estimate of drug-likeness (QED) is 0.703. The van der Waals surface area contributed by atoms with Crippen LogP contribution in [0.25, 0.3) is 16.6 Å². The normalized spacial score (nSPS) is 24.8. The van der Waals surface area contributed by atoms with Crippen LogP contribution in [0.3, 0.4) is 0 Å². The summed E-state index contributed by atoms with van der Waals surface area (Å²) in [6.07, 6.45) is 10.2. The van der Waals surface area contributed by atoms with E-state index >= 15 is 0 Å². The summed E-state index contributed by atoms with van der Waals surface area (Å²) in [5.41, 5.74) is 2.83. The Balaban J connectivity index is 1.61. The van der Waals surface area contributed by atoms with E-state index in [0.717, 1.165) is 41.6 Å². The zero-order valence-electron chi connectivity index (χ0n) is 16.0. The van der Waals surface area contributed by atoms with Crippen molar-refractivity contribution in [3.8, 4) is 17.2 Å². The highest BCUT2D eigenvalue weighted by atomic mass is 16.2. The molecule has 7 heteroatoms. The molecule has 0 spiro atoms. The molecule has 5 rings (SSSR count). The first-order valence-corrected chi connectivity index (χ1v) is 9.78. The van der Waals surface area contributed by atoms with Gasteiger partial charge in [-0.3, -0.25) is 9.48 Å². The van der Waals surface area contributed by atoms with Crippen molar-refractivity contribution >= 4 is 17.1 Å². The number of rotatable bonds is 4. The highest BCUT2D eigenvalue weighted by Gasteiger charge is 2.61. The maximum Gasteiger partial charge on any atom is 0.248 e. The molecular formula is C21H22N6O. The molecule has 2 fully saturated rings. The minimum absolute atomic E-state index is 0.0402. The first kappa shape index (κ1) is 17.0. The van der Waals surface area contributed by atoms with Gasteiger partial charge in [0.05, 0.1) is 23.5 Å². The average Bonchev–Trinajstić information content (AvgIpc) is 3.19. The molecule has 0 unspecified atom stereocenters. The van der Waals surface area contributed by atoms with Crippen molar-refractivity contribution in [2.45, 2.75) is 26.2 Å². The van der Waals surface area contributed by atoms with Crippen molar-refractivity contribution in [2.75, 3.05) is 11.4 Å². The van der Waals surface area contributed by atoms with Crippen molar-refractivity contribution in [2.24, 2.45) is 24.3 Å². The van der Waals surface area contributed by atoms with Gasteiger partial charge in [0.15, 0.2) is 0 Å². The zero-order chi connectivity index (χ0) is 19.5. The Kier molecular flexibility index (Phi) is 3.60. The molecular weight excluding hydrogens is 352 g/mol. The lowest BCUT2D eigenvalue weighted by Gasteiger charge is -2.24. The molecule has 28 heavy (non-hydrogen) atoms. The number of nitriles is 1. The van der Waals surface area contributed by atoms with Crippen LogP contribution in [0.4, 0.5) is 5.69 Å². The van der Waals surface area contributed by atoms with E-state index in [0.29, 0.717) is 6.54 Å². The van der Waals surface area contributed by atoms with Crippen LogP contribution in [0.1, 0.15) is 26.2 Å². The fraction of sp³-hybridized carbons (Fsp3) is 0.429. The van der Waals surface area contributed by atoms with Crippen molar-refractivity contribution in [1.29, 1.82) is 5.26 Å². The summed E-state index contributed by atoms with van der Waals surface area (Å²) in [6.45, 7) is 2.67. The van der Waals surface area contributed by atoms with Crippen molar-refractivity contribution < 1.29 is 4.79 Å². The predicted octanol–water partition coefficient (Wildman–Crippen LogP) is 3.03. The molecule has 0 bridgehead atoms. The van der Waals surface area contributed by atoms with Gasteiger partial charge in [0, 0.05) is 49.2 Å². The predicted molar refractivity (Wildman–Crippen MR) is 104 cm³/mol. The second-order valence-corrected chi connectivity index (χ2v) is 7.95. The largest absolute Gasteiger partial charge is 0.309 e. The van der Waals surface area contributed by atoms with Crippen LogP contribution in [0, 0.1) is 28.6 Å². The van der Waals surface area contributed by atoms with E-state index in [1.165, 1.54) is 0 Å². The fourth-order valence-electron chi connectivity index (χ4n) is 4.74. The van der Waals surface area contributed by atoms with Crippen molar-refractivity contribution in [3.63, 3.8) is 0 Å². The maximum atomic E-state index is 13.5. The Hall–Kier alpha value is -3.14. The van der Waals surface area contributed by atoms with E-state index in [4.69, 9.17) is 0 Å². The first-order valence-electron chi connectivity index (χ1n) is 9.78. The number of hydrogen-bond acceptors (Lipinski definition) is 4. The number of hydrogen-bond donors (Lipinski definition) is 0. The standard InChI is InChI=1S/C21H22N6O/c1-3-16-12-26(20(28)21(16,13-22)17-4-5-17)18-6-7-23-27-11-14(8-19(18)27)15-9-24-25(2)10-15/h6-11,16-17H,3-5,12H2,1-2H3/t16-,21+/m1/s1. The maximum absolute atomic E-state index is 13.5. The van der Waals surface area contributed by atoms with Gasteiger partial charge >= 0.3 is 0 Å². The van der Waals surface area contributed by atoms with Gasteiger partial charge in [-0.2, -0.15) is 15.5 Å². The van der Waals surface area contributed by atoms with Gasteiger partial charge in [-0.1, -0.05) is 6.92 Å². The number of aromatic nitrogens is 4. The van der Waals surface area contributed by atoms with E-state index in [1.54, 1.807) is 15.4 Å². The van der Waals surface area contributed by atoms with E-state index in [-0.39, 0.29) is 17.7 Å². The van der Waals surface area contributed by atoms with E-state index < -0.39 is 5.41 Å². The molecule has 0 N–H and O–H groups in total. The number of carbonyl (C=O) groups is 1. The molecule has 0 aromatic carbocycles. The monoisotopic (exact) mass is 374 g/mol. The molecule has 2 aliphatic rings. The Morgan fingerprint density at radius 2 is 2.11 bits per heavy atom. The number of aryl methyl sites for hydroxylation is 1. The van der Waals surface area contributed by atoms with Crippen LogP contribution in [-0.2, 0) is 11.8 Å². The number of amides is 1. The SMILES string of the molecule is CC[C@@H]1CN(c2ccnn3cc(-c4cnn(C)c4)cc23)C(=O)[C@]1(C#N)C1CC1. The molecule has 3 aromatic rings. The van der Waals surface area contributed by atoms with E-state index in [2.05, 4.69) is 23.2 Å². The van der Waals surface area contributed by atoms with E-state index in [1.807, 2.05) is 42.7 Å². The lowest BCUT2D eigenvalue weighted by Crippen LogP contribution is -2.37.